The summed E-state index contributed by atoms with van der Waals surface area (Å²) in [6, 6.07) is 5.08. The quantitative estimate of drug-likeness (QED) is 0.911. The summed E-state index contributed by atoms with van der Waals surface area (Å²) < 4.78 is 27.3. The van der Waals surface area contributed by atoms with Crippen LogP contribution in [0.25, 0.3) is 0 Å². The van der Waals surface area contributed by atoms with Crippen molar-refractivity contribution in [2.24, 2.45) is 5.92 Å². The molecule has 1 heterocycles. The maximum absolute atomic E-state index is 12.5. The van der Waals surface area contributed by atoms with Crippen molar-refractivity contribution in [3.8, 4) is 0 Å². The SMILES string of the molecule is Cc1ccc(S(=O)(=O)N2CCCC(CO)C2)cc1Br. The molecule has 1 atom stereocenters. The number of piperidine rings is 1. The lowest BCUT2D eigenvalue weighted by Gasteiger charge is -2.31. The van der Waals surface area contributed by atoms with Crippen LogP contribution in [0.5, 0.6) is 0 Å². The molecule has 106 valence electrons. The second kappa shape index (κ2) is 5.91. The van der Waals surface area contributed by atoms with Crippen molar-refractivity contribution in [3.63, 3.8) is 0 Å². The van der Waals surface area contributed by atoms with Crippen LogP contribution in [0.15, 0.2) is 27.6 Å². The molecule has 0 aromatic heterocycles. The number of aryl methyl sites for hydroxylation is 1. The van der Waals surface area contributed by atoms with E-state index in [0.29, 0.717) is 18.0 Å². The molecule has 1 aromatic carbocycles. The molecule has 0 saturated carbocycles. The number of hydrogen-bond acceptors (Lipinski definition) is 3. The average molecular weight is 348 g/mol. The van der Waals surface area contributed by atoms with Gasteiger partial charge >= 0.3 is 0 Å². The first-order valence-corrected chi connectivity index (χ1v) is 8.55. The highest BCUT2D eigenvalue weighted by atomic mass is 79.9. The lowest BCUT2D eigenvalue weighted by Crippen LogP contribution is -2.40. The van der Waals surface area contributed by atoms with Gasteiger partial charge in [-0.05, 0) is 43.4 Å². The van der Waals surface area contributed by atoms with Crippen molar-refractivity contribution in [1.82, 2.24) is 4.31 Å². The van der Waals surface area contributed by atoms with E-state index in [2.05, 4.69) is 15.9 Å². The van der Waals surface area contributed by atoms with Crippen LogP contribution in [0.2, 0.25) is 0 Å². The first-order valence-electron chi connectivity index (χ1n) is 6.32. The molecule has 1 N–H and O–H groups in total. The van der Waals surface area contributed by atoms with Crippen molar-refractivity contribution < 1.29 is 13.5 Å². The van der Waals surface area contributed by atoms with Gasteiger partial charge in [0.2, 0.25) is 10.0 Å². The predicted octanol–water partition coefficient (Wildman–Crippen LogP) is 2.15. The number of aliphatic hydroxyl groups excluding tert-OH is 1. The number of nitrogens with zero attached hydrogens (tertiary/aromatic N) is 1. The number of halogens is 1. The van der Waals surface area contributed by atoms with Crippen LogP contribution in [0, 0.1) is 12.8 Å². The molecule has 2 rings (SSSR count). The number of aliphatic hydroxyl groups is 1. The van der Waals surface area contributed by atoms with Gasteiger partial charge in [0.1, 0.15) is 0 Å². The summed E-state index contributed by atoms with van der Waals surface area (Å²) in [6.45, 7) is 2.90. The lowest BCUT2D eigenvalue weighted by molar-refractivity contribution is 0.165. The highest BCUT2D eigenvalue weighted by Crippen LogP contribution is 2.26. The standard InChI is InChI=1S/C13H18BrNO3S/c1-10-4-5-12(7-13(10)14)19(17,18)15-6-2-3-11(8-15)9-16/h4-5,7,11,16H,2-3,6,8-9H2,1H3. The van der Waals surface area contributed by atoms with Crippen molar-refractivity contribution >= 4 is 26.0 Å². The second-order valence-electron chi connectivity index (χ2n) is 4.96. The molecule has 1 aliphatic rings. The third-order valence-electron chi connectivity index (χ3n) is 3.52. The van der Waals surface area contributed by atoms with Gasteiger partial charge in [0, 0.05) is 24.2 Å². The van der Waals surface area contributed by atoms with E-state index in [9.17, 15) is 13.5 Å². The van der Waals surface area contributed by atoms with Crippen molar-refractivity contribution in [1.29, 1.82) is 0 Å². The van der Waals surface area contributed by atoms with Gasteiger partial charge in [-0.2, -0.15) is 4.31 Å². The highest BCUT2D eigenvalue weighted by molar-refractivity contribution is 9.10. The molecule has 4 nitrogen and oxygen atoms in total. The largest absolute Gasteiger partial charge is 0.396 e. The molecule has 1 unspecified atom stereocenters. The summed E-state index contributed by atoms with van der Waals surface area (Å²) in [5.41, 5.74) is 1.01. The van der Waals surface area contributed by atoms with E-state index in [1.54, 1.807) is 18.2 Å². The Bertz CT molecular complexity index is 559. The summed E-state index contributed by atoms with van der Waals surface area (Å²) >= 11 is 3.37. The molecule has 0 radical (unpaired) electrons. The fourth-order valence-corrected chi connectivity index (χ4v) is 4.39. The Morgan fingerprint density at radius 3 is 2.84 bits per heavy atom. The normalized spacial score (nSPS) is 21.5. The molecule has 6 heteroatoms. The maximum Gasteiger partial charge on any atom is 0.243 e. The summed E-state index contributed by atoms with van der Waals surface area (Å²) in [5.74, 6) is 0.0532. The minimum absolute atomic E-state index is 0.0453. The smallest absolute Gasteiger partial charge is 0.243 e. The molecule has 0 bridgehead atoms. The van der Waals surface area contributed by atoms with Crippen LogP contribution >= 0.6 is 15.9 Å². The van der Waals surface area contributed by atoms with Crippen molar-refractivity contribution in [2.45, 2.75) is 24.7 Å². The Morgan fingerprint density at radius 2 is 2.21 bits per heavy atom. The third-order valence-corrected chi connectivity index (χ3v) is 6.24. The Balaban J connectivity index is 2.28. The van der Waals surface area contributed by atoms with Crippen LogP contribution in [0.4, 0.5) is 0 Å². The van der Waals surface area contributed by atoms with Gasteiger partial charge in [-0.3, -0.25) is 0 Å². The number of sulfonamides is 1. The van der Waals surface area contributed by atoms with E-state index < -0.39 is 10.0 Å². The predicted molar refractivity (Wildman–Crippen MR) is 77.4 cm³/mol. The molecule has 1 aromatic rings. The summed E-state index contributed by atoms with van der Waals surface area (Å²) in [6.07, 6.45) is 1.69. The van der Waals surface area contributed by atoms with Gasteiger partial charge in [-0.25, -0.2) is 8.42 Å². The second-order valence-corrected chi connectivity index (χ2v) is 7.76. The van der Waals surface area contributed by atoms with Crippen LogP contribution in [-0.4, -0.2) is 37.5 Å². The lowest BCUT2D eigenvalue weighted by atomic mass is 10.0. The zero-order chi connectivity index (χ0) is 14.0. The van der Waals surface area contributed by atoms with E-state index >= 15 is 0 Å². The summed E-state index contributed by atoms with van der Waals surface area (Å²) in [4.78, 5) is 0.309. The van der Waals surface area contributed by atoms with Crippen molar-refractivity contribution in [2.75, 3.05) is 19.7 Å². The Labute approximate surface area is 122 Å². The Kier molecular flexibility index (Phi) is 4.66. The molecule has 0 amide bonds. The fourth-order valence-electron chi connectivity index (χ4n) is 2.28. The van der Waals surface area contributed by atoms with E-state index in [4.69, 9.17) is 0 Å². The number of rotatable bonds is 3. The number of hydrogen-bond donors (Lipinski definition) is 1. The Hall–Kier alpha value is -0.430. The minimum Gasteiger partial charge on any atom is -0.396 e. The van der Waals surface area contributed by atoms with Gasteiger partial charge < -0.3 is 5.11 Å². The minimum atomic E-state index is -3.45. The van der Waals surface area contributed by atoms with Crippen LogP contribution in [-0.2, 0) is 10.0 Å². The molecule has 0 aliphatic carbocycles. The van der Waals surface area contributed by atoms with Gasteiger partial charge in [0.15, 0.2) is 0 Å². The summed E-state index contributed by atoms with van der Waals surface area (Å²) in [5, 5.41) is 9.20. The molecule has 1 saturated heterocycles. The molecular formula is C13H18BrNO3S. The molecule has 1 fully saturated rings. The number of benzene rings is 1. The molecular weight excluding hydrogens is 330 g/mol. The monoisotopic (exact) mass is 347 g/mol. The van der Waals surface area contributed by atoms with Gasteiger partial charge in [0.25, 0.3) is 0 Å². The molecule has 1 aliphatic heterocycles. The zero-order valence-electron chi connectivity index (χ0n) is 10.8. The highest BCUT2D eigenvalue weighted by Gasteiger charge is 2.30. The van der Waals surface area contributed by atoms with Crippen molar-refractivity contribution in [3.05, 3.63) is 28.2 Å². The zero-order valence-corrected chi connectivity index (χ0v) is 13.2. The van der Waals surface area contributed by atoms with Gasteiger partial charge in [-0.15, -0.1) is 0 Å². The van der Waals surface area contributed by atoms with Crippen LogP contribution in [0.3, 0.4) is 0 Å². The Morgan fingerprint density at radius 1 is 1.47 bits per heavy atom. The van der Waals surface area contributed by atoms with E-state index in [-0.39, 0.29) is 12.5 Å². The third kappa shape index (κ3) is 3.18. The summed E-state index contributed by atoms with van der Waals surface area (Å²) in [7, 11) is -3.45. The topological polar surface area (TPSA) is 57.6 Å². The van der Waals surface area contributed by atoms with E-state index in [1.807, 2.05) is 6.92 Å². The molecule has 19 heavy (non-hydrogen) atoms. The van der Waals surface area contributed by atoms with Crippen LogP contribution < -0.4 is 0 Å². The van der Waals surface area contributed by atoms with E-state index in [1.165, 1.54) is 4.31 Å². The van der Waals surface area contributed by atoms with Crippen LogP contribution in [0.1, 0.15) is 18.4 Å². The fraction of sp³-hybridized carbons (Fsp3) is 0.538. The maximum atomic E-state index is 12.5. The first-order chi connectivity index (χ1) is 8.95. The van der Waals surface area contributed by atoms with Gasteiger partial charge in [0.05, 0.1) is 4.90 Å². The van der Waals surface area contributed by atoms with E-state index in [0.717, 1.165) is 22.9 Å². The van der Waals surface area contributed by atoms with Gasteiger partial charge in [-0.1, -0.05) is 22.0 Å². The molecule has 0 spiro atoms. The first kappa shape index (κ1) is 15.0. The average Bonchev–Trinajstić information content (AvgIpc) is 2.41.